The average Bonchev–Trinajstić information content (AvgIpc) is 2.53. The van der Waals surface area contributed by atoms with Crippen molar-refractivity contribution in [2.45, 2.75) is 9.79 Å². The van der Waals surface area contributed by atoms with Gasteiger partial charge in [-0.05, 0) is 45.1 Å². The van der Waals surface area contributed by atoms with Crippen LogP contribution in [0.25, 0.3) is 10.1 Å². The van der Waals surface area contributed by atoms with E-state index in [2.05, 4.69) is 52.3 Å². The lowest BCUT2D eigenvalue weighted by atomic mass is 10.3. The molecule has 0 saturated heterocycles. The Balaban J connectivity index is 2.85. The van der Waals surface area contributed by atoms with Crippen molar-refractivity contribution in [1.82, 2.24) is 0 Å². The van der Waals surface area contributed by atoms with Crippen LogP contribution in [-0.2, 0) is 0 Å². The molecular weight excluding hydrogens is 284 g/mol. The molecule has 0 bridgehead atoms. The summed E-state index contributed by atoms with van der Waals surface area (Å²) < 4.78 is 2.41. The van der Waals surface area contributed by atoms with Gasteiger partial charge in [0.15, 0.2) is 0 Å². The first-order valence-corrected chi connectivity index (χ1v) is 7.01. The zero-order chi connectivity index (χ0) is 9.42. The van der Waals surface area contributed by atoms with Crippen molar-refractivity contribution >= 4 is 61.7 Å². The van der Waals surface area contributed by atoms with E-state index in [0.29, 0.717) is 0 Å². The van der Waals surface area contributed by atoms with Crippen molar-refractivity contribution < 1.29 is 0 Å². The summed E-state index contributed by atoms with van der Waals surface area (Å²) in [5.41, 5.74) is 0. The number of thiol groups is 1. The second-order valence-corrected chi connectivity index (χ2v) is 5.61. The second kappa shape index (κ2) is 3.85. The Bertz CT molecular complexity index is 447. The van der Waals surface area contributed by atoms with Gasteiger partial charge in [0.2, 0.25) is 0 Å². The van der Waals surface area contributed by atoms with E-state index in [-0.39, 0.29) is 0 Å². The van der Waals surface area contributed by atoms with E-state index in [4.69, 9.17) is 0 Å². The molecule has 0 atom stereocenters. The maximum Gasteiger partial charge on any atom is 0.0488 e. The molecule has 2 rings (SSSR count). The lowest BCUT2D eigenvalue weighted by molar-refractivity contribution is 1.29. The molecule has 0 radical (unpaired) electrons. The third-order valence-corrected chi connectivity index (χ3v) is 5.25. The molecule has 4 heteroatoms. The predicted octanol–water partition coefficient (Wildman–Crippen LogP) is 4.67. The summed E-state index contributed by atoms with van der Waals surface area (Å²) in [6.07, 6.45) is 2.07. The Morgan fingerprint density at radius 3 is 3.00 bits per heavy atom. The van der Waals surface area contributed by atoms with Crippen LogP contribution < -0.4 is 0 Å². The first-order chi connectivity index (χ1) is 6.24. The van der Waals surface area contributed by atoms with Gasteiger partial charge in [0.05, 0.1) is 0 Å². The zero-order valence-corrected chi connectivity index (χ0v) is 11.0. The molecule has 1 heterocycles. The number of thioether (sulfide) groups is 1. The van der Waals surface area contributed by atoms with Gasteiger partial charge in [-0.1, -0.05) is 0 Å². The molecule has 68 valence electrons. The largest absolute Gasteiger partial charge is 0.143 e. The zero-order valence-electron chi connectivity index (χ0n) is 6.87. The molecule has 0 saturated carbocycles. The van der Waals surface area contributed by atoms with Crippen LogP contribution in [0.5, 0.6) is 0 Å². The number of hydrogen-bond acceptors (Lipinski definition) is 3. The van der Waals surface area contributed by atoms with E-state index in [1.165, 1.54) is 15.0 Å². The molecule has 0 fully saturated rings. The van der Waals surface area contributed by atoms with Crippen molar-refractivity contribution in [3.8, 4) is 0 Å². The molecule has 0 aliphatic carbocycles. The monoisotopic (exact) mass is 290 g/mol. The smallest absolute Gasteiger partial charge is 0.0488 e. The minimum absolute atomic E-state index is 1.09. The first-order valence-electron chi connectivity index (χ1n) is 3.66. The SMILES string of the molecule is CSc1c(Br)cc2ccsc2c1S. The third kappa shape index (κ3) is 1.65. The van der Waals surface area contributed by atoms with Crippen LogP contribution in [0.15, 0.2) is 31.8 Å². The fourth-order valence-electron chi connectivity index (χ4n) is 1.24. The summed E-state index contributed by atoms with van der Waals surface area (Å²) in [7, 11) is 0. The van der Waals surface area contributed by atoms with Gasteiger partial charge >= 0.3 is 0 Å². The van der Waals surface area contributed by atoms with Crippen molar-refractivity contribution in [3.63, 3.8) is 0 Å². The van der Waals surface area contributed by atoms with Gasteiger partial charge in [-0.25, -0.2) is 0 Å². The number of benzene rings is 1. The van der Waals surface area contributed by atoms with E-state index in [9.17, 15) is 0 Å². The highest BCUT2D eigenvalue weighted by molar-refractivity contribution is 9.10. The summed E-state index contributed by atoms with van der Waals surface area (Å²) in [6, 6.07) is 4.27. The Kier molecular flexibility index (Phi) is 2.93. The second-order valence-electron chi connectivity index (χ2n) is 2.58. The summed E-state index contributed by atoms with van der Waals surface area (Å²) in [6.45, 7) is 0. The van der Waals surface area contributed by atoms with Gasteiger partial charge in [0.25, 0.3) is 0 Å². The maximum absolute atomic E-state index is 4.54. The molecule has 0 aliphatic heterocycles. The van der Waals surface area contributed by atoms with E-state index < -0.39 is 0 Å². The standard InChI is InChI=1S/C9H7BrS3/c1-12-9-6(10)4-5-2-3-13-8(5)7(9)11/h2-4,11H,1H3. The molecule has 0 unspecified atom stereocenters. The van der Waals surface area contributed by atoms with Gasteiger partial charge in [-0.15, -0.1) is 35.7 Å². The third-order valence-electron chi connectivity index (χ3n) is 1.83. The highest BCUT2D eigenvalue weighted by Gasteiger charge is 2.08. The van der Waals surface area contributed by atoms with Crippen LogP contribution in [0, 0.1) is 0 Å². The van der Waals surface area contributed by atoms with Gasteiger partial charge in [0, 0.05) is 19.0 Å². The number of rotatable bonds is 1. The van der Waals surface area contributed by atoms with Crippen molar-refractivity contribution in [2.24, 2.45) is 0 Å². The molecule has 0 amide bonds. The van der Waals surface area contributed by atoms with E-state index in [0.717, 1.165) is 9.37 Å². The first kappa shape index (κ1) is 9.90. The maximum atomic E-state index is 4.54. The molecule has 0 nitrogen and oxygen atoms in total. The van der Waals surface area contributed by atoms with E-state index in [1.54, 1.807) is 23.1 Å². The number of thiophene rings is 1. The van der Waals surface area contributed by atoms with E-state index >= 15 is 0 Å². The summed E-state index contributed by atoms with van der Waals surface area (Å²) in [5, 5.41) is 3.36. The van der Waals surface area contributed by atoms with Crippen LogP contribution >= 0.6 is 51.7 Å². The average molecular weight is 291 g/mol. The molecule has 0 aliphatic rings. The minimum Gasteiger partial charge on any atom is -0.143 e. The summed E-state index contributed by atoms with van der Waals surface area (Å²) in [5.74, 6) is 0. The lowest BCUT2D eigenvalue weighted by Gasteiger charge is -2.05. The fourth-order valence-corrected chi connectivity index (χ4v) is 4.44. The molecule has 0 N–H and O–H groups in total. The number of hydrogen-bond donors (Lipinski definition) is 1. The van der Waals surface area contributed by atoms with Crippen LogP contribution in [0.3, 0.4) is 0 Å². The Morgan fingerprint density at radius 2 is 2.31 bits per heavy atom. The van der Waals surface area contributed by atoms with Gasteiger partial charge in [-0.3, -0.25) is 0 Å². The fraction of sp³-hybridized carbons (Fsp3) is 0.111. The molecule has 1 aromatic carbocycles. The van der Waals surface area contributed by atoms with E-state index in [1.807, 2.05) is 0 Å². The topological polar surface area (TPSA) is 0 Å². The molecule has 1 aromatic heterocycles. The van der Waals surface area contributed by atoms with Gasteiger partial charge in [-0.2, -0.15) is 0 Å². The number of halogens is 1. The Morgan fingerprint density at radius 1 is 1.54 bits per heavy atom. The molecule has 13 heavy (non-hydrogen) atoms. The summed E-state index contributed by atoms with van der Waals surface area (Å²) in [4.78, 5) is 2.31. The minimum atomic E-state index is 1.09. The van der Waals surface area contributed by atoms with Crippen molar-refractivity contribution in [2.75, 3.05) is 6.26 Å². The Hall–Kier alpha value is 0.360. The molecule has 2 aromatic rings. The quantitative estimate of drug-likeness (QED) is 0.588. The predicted molar refractivity (Wildman–Crippen MR) is 68.6 cm³/mol. The van der Waals surface area contributed by atoms with Crippen molar-refractivity contribution in [3.05, 3.63) is 22.0 Å². The highest BCUT2D eigenvalue weighted by Crippen LogP contribution is 2.39. The van der Waals surface area contributed by atoms with Crippen LogP contribution in [0.1, 0.15) is 0 Å². The molecular formula is C9H7BrS3. The molecule has 0 spiro atoms. The highest BCUT2D eigenvalue weighted by atomic mass is 79.9. The summed E-state index contributed by atoms with van der Waals surface area (Å²) >= 11 is 11.6. The normalized spacial score (nSPS) is 11.0. The lowest BCUT2D eigenvalue weighted by Crippen LogP contribution is -1.77. The van der Waals surface area contributed by atoms with Crippen LogP contribution in [-0.4, -0.2) is 6.26 Å². The van der Waals surface area contributed by atoms with Gasteiger partial charge < -0.3 is 0 Å². The van der Waals surface area contributed by atoms with Gasteiger partial charge in [0.1, 0.15) is 0 Å². The Labute approximate surface area is 99.3 Å². The number of fused-ring (bicyclic) bond motifs is 1. The van der Waals surface area contributed by atoms with Crippen LogP contribution in [0.2, 0.25) is 0 Å². The van der Waals surface area contributed by atoms with Crippen LogP contribution in [0.4, 0.5) is 0 Å². The van der Waals surface area contributed by atoms with Crippen molar-refractivity contribution in [1.29, 1.82) is 0 Å².